The molecule has 0 unspecified atom stereocenters. The normalized spacial score (nSPS) is 15.8. The molecule has 4 rings (SSSR count). The Morgan fingerprint density at radius 1 is 1.36 bits per heavy atom. The third-order valence-corrected chi connectivity index (χ3v) is 6.92. The van der Waals surface area contributed by atoms with E-state index in [9.17, 15) is 4.79 Å². The van der Waals surface area contributed by atoms with Gasteiger partial charge in [0.2, 0.25) is 0 Å². The average molecular weight is 376 g/mol. The highest BCUT2D eigenvalue weighted by molar-refractivity contribution is 7.99. The maximum absolute atomic E-state index is 12.5. The Morgan fingerprint density at radius 2 is 2.12 bits per heavy atom. The Morgan fingerprint density at radius 3 is 2.80 bits per heavy atom. The van der Waals surface area contributed by atoms with Crippen molar-refractivity contribution in [2.24, 2.45) is 0 Å². The second-order valence-electron chi connectivity index (χ2n) is 6.53. The van der Waals surface area contributed by atoms with Crippen LogP contribution in [0.4, 0.5) is 0 Å². The molecular formula is C17H21N5OS2. The number of thiophene rings is 1. The lowest BCUT2D eigenvalue weighted by Crippen LogP contribution is -2.13. The minimum atomic E-state index is -0.0510. The van der Waals surface area contributed by atoms with E-state index in [2.05, 4.69) is 26.7 Å². The lowest BCUT2D eigenvalue weighted by atomic mass is 10.2. The van der Waals surface area contributed by atoms with Crippen LogP contribution in [0.5, 0.6) is 0 Å². The quantitative estimate of drug-likeness (QED) is 0.684. The minimum Gasteiger partial charge on any atom is -0.309 e. The summed E-state index contributed by atoms with van der Waals surface area (Å²) in [6, 6.07) is 0. The summed E-state index contributed by atoms with van der Waals surface area (Å²) in [6.07, 6.45) is 2.42. The lowest BCUT2D eigenvalue weighted by molar-refractivity contribution is 0.642. The van der Waals surface area contributed by atoms with E-state index in [0.29, 0.717) is 11.7 Å². The maximum atomic E-state index is 12.5. The van der Waals surface area contributed by atoms with Crippen LogP contribution < -0.4 is 5.56 Å². The zero-order valence-corrected chi connectivity index (χ0v) is 16.4. The molecule has 0 aromatic carbocycles. The summed E-state index contributed by atoms with van der Waals surface area (Å²) < 4.78 is 2.19. The topological polar surface area (TPSA) is 76.5 Å². The van der Waals surface area contributed by atoms with Gasteiger partial charge in [-0.1, -0.05) is 11.8 Å². The van der Waals surface area contributed by atoms with Crippen LogP contribution in [0.1, 0.15) is 59.9 Å². The van der Waals surface area contributed by atoms with E-state index >= 15 is 0 Å². The third kappa shape index (κ3) is 2.91. The molecule has 1 aliphatic rings. The molecule has 1 aliphatic carbocycles. The molecule has 3 aromatic rings. The highest BCUT2D eigenvalue weighted by Crippen LogP contribution is 2.41. The standard InChI is InChI=1S/C17H21N5OS2/c1-5-22-14(11-6-7-11)20-21-17(22)25-10(4)13-18-15(23)12-8(2)9(3)24-16(12)19-13/h10-11H,5-7H2,1-4H3,(H,18,19,23)/t10-/m1/s1. The first-order valence-electron chi connectivity index (χ1n) is 8.59. The van der Waals surface area contributed by atoms with E-state index in [1.807, 2.05) is 20.8 Å². The second-order valence-corrected chi connectivity index (χ2v) is 9.05. The molecule has 0 saturated heterocycles. The summed E-state index contributed by atoms with van der Waals surface area (Å²) in [4.78, 5) is 22.1. The molecule has 3 aromatic heterocycles. The van der Waals surface area contributed by atoms with Crippen molar-refractivity contribution < 1.29 is 0 Å². The largest absolute Gasteiger partial charge is 0.309 e. The summed E-state index contributed by atoms with van der Waals surface area (Å²) in [5.74, 6) is 2.37. The number of aryl methyl sites for hydroxylation is 2. The minimum absolute atomic E-state index is 0.00126. The Balaban J connectivity index is 1.66. The first-order valence-corrected chi connectivity index (χ1v) is 10.3. The van der Waals surface area contributed by atoms with Crippen molar-refractivity contribution in [3.05, 3.63) is 32.4 Å². The van der Waals surface area contributed by atoms with Crippen molar-refractivity contribution in [1.82, 2.24) is 24.7 Å². The first-order chi connectivity index (χ1) is 12.0. The van der Waals surface area contributed by atoms with E-state index in [1.165, 1.54) is 12.8 Å². The molecule has 25 heavy (non-hydrogen) atoms. The van der Waals surface area contributed by atoms with Gasteiger partial charge in [0.25, 0.3) is 5.56 Å². The maximum Gasteiger partial charge on any atom is 0.259 e. The number of H-pyrrole nitrogens is 1. The van der Waals surface area contributed by atoms with Gasteiger partial charge in [-0.15, -0.1) is 21.5 Å². The number of fused-ring (bicyclic) bond motifs is 1. The van der Waals surface area contributed by atoms with Crippen molar-refractivity contribution in [2.75, 3.05) is 0 Å². The predicted octanol–water partition coefficient (Wildman–Crippen LogP) is 3.94. The number of nitrogens with zero attached hydrogens (tertiary/aromatic N) is 4. The second kappa shape index (κ2) is 6.25. The van der Waals surface area contributed by atoms with Crippen LogP contribution in [0.25, 0.3) is 10.2 Å². The van der Waals surface area contributed by atoms with E-state index in [-0.39, 0.29) is 10.8 Å². The lowest BCUT2D eigenvalue weighted by Gasteiger charge is -2.11. The molecule has 1 atom stereocenters. The van der Waals surface area contributed by atoms with Crippen LogP contribution in [0.15, 0.2) is 9.95 Å². The molecule has 0 bridgehead atoms. The van der Waals surface area contributed by atoms with Gasteiger partial charge in [0, 0.05) is 17.3 Å². The molecule has 1 N–H and O–H groups in total. The van der Waals surface area contributed by atoms with Gasteiger partial charge in [-0.2, -0.15) is 0 Å². The van der Waals surface area contributed by atoms with Crippen LogP contribution >= 0.6 is 23.1 Å². The molecule has 8 heteroatoms. The SMILES string of the molecule is CCn1c(S[C@H](C)c2nc3sc(C)c(C)c3c(=O)[nH]2)nnc1C1CC1. The predicted molar refractivity (Wildman–Crippen MR) is 102 cm³/mol. The van der Waals surface area contributed by atoms with Gasteiger partial charge < -0.3 is 9.55 Å². The monoisotopic (exact) mass is 375 g/mol. The molecule has 1 saturated carbocycles. The van der Waals surface area contributed by atoms with Crippen molar-refractivity contribution >= 4 is 33.3 Å². The number of aromatic nitrogens is 5. The van der Waals surface area contributed by atoms with Gasteiger partial charge >= 0.3 is 0 Å². The van der Waals surface area contributed by atoms with Gasteiger partial charge in [-0.25, -0.2) is 4.98 Å². The number of hydrogen-bond donors (Lipinski definition) is 1. The molecule has 0 radical (unpaired) electrons. The number of nitrogens with one attached hydrogen (secondary N) is 1. The van der Waals surface area contributed by atoms with Gasteiger partial charge in [0.05, 0.1) is 10.6 Å². The molecule has 132 valence electrons. The Kier molecular flexibility index (Phi) is 4.19. The zero-order chi connectivity index (χ0) is 17.7. The summed E-state index contributed by atoms with van der Waals surface area (Å²) in [6.45, 7) is 9.04. The molecule has 6 nitrogen and oxygen atoms in total. The number of thioether (sulfide) groups is 1. The Hall–Kier alpha value is -1.67. The van der Waals surface area contributed by atoms with Crippen LogP contribution in [-0.4, -0.2) is 24.7 Å². The zero-order valence-electron chi connectivity index (χ0n) is 14.8. The smallest absolute Gasteiger partial charge is 0.259 e. The van der Waals surface area contributed by atoms with Crippen LogP contribution in [-0.2, 0) is 6.54 Å². The van der Waals surface area contributed by atoms with Crippen LogP contribution in [0, 0.1) is 13.8 Å². The van der Waals surface area contributed by atoms with Crippen LogP contribution in [0.3, 0.4) is 0 Å². The third-order valence-electron chi connectivity index (χ3n) is 4.73. The van der Waals surface area contributed by atoms with Gasteiger partial charge in [0.15, 0.2) is 5.16 Å². The van der Waals surface area contributed by atoms with Crippen molar-refractivity contribution in [3.63, 3.8) is 0 Å². The van der Waals surface area contributed by atoms with E-state index in [0.717, 1.165) is 38.2 Å². The van der Waals surface area contributed by atoms with Crippen molar-refractivity contribution in [3.8, 4) is 0 Å². The van der Waals surface area contributed by atoms with E-state index < -0.39 is 0 Å². The van der Waals surface area contributed by atoms with Gasteiger partial charge in [-0.05, 0) is 46.1 Å². The fraction of sp³-hybridized carbons (Fsp3) is 0.529. The molecular weight excluding hydrogens is 354 g/mol. The Labute approximate surface area is 154 Å². The van der Waals surface area contributed by atoms with Crippen molar-refractivity contribution in [2.45, 2.75) is 63.4 Å². The van der Waals surface area contributed by atoms with E-state index in [4.69, 9.17) is 4.98 Å². The summed E-state index contributed by atoms with van der Waals surface area (Å²) in [5, 5.41) is 10.4. The molecule has 1 fully saturated rings. The fourth-order valence-electron chi connectivity index (χ4n) is 3.01. The van der Waals surface area contributed by atoms with Gasteiger partial charge in [0.1, 0.15) is 16.5 Å². The molecule has 0 spiro atoms. The van der Waals surface area contributed by atoms with Gasteiger partial charge in [-0.3, -0.25) is 4.79 Å². The fourth-order valence-corrected chi connectivity index (χ4v) is 5.02. The molecule has 0 amide bonds. The molecule has 0 aliphatic heterocycles. The number of hydrogen-bond acceptors (Lipinski definition) is 6. The molecule has 3 heterocycles. The summed E-state index contributed by atoms with van der Waals surface area (Å²) >= 11 is 3.18. The summed E-state index contributed by atoms with van der Waals surface area (Å²) in [5.41, 5.74) is 0.977. The highest BCUT2D eigenvalue weighted by Gasteiger charge is 2.30. The first kappa shape index (κ1) is 16.8. The van der Waals surface area contributed by atoms with E-state index in [1.54, 1.807) is 23.1 Å². The summed E-state index contributed by atoms with van der Waals surface area (Å²) in [7, 11) is 0. The Bertz CT molecular complexity index is 999. The number of aromatic amines is 1. The number of rotatable bonds is 5. The highest BCUT2D eigenvalue weighted by atomic mass is 32.2. The van der Waals surface area contributed by atoms with Crippen LogP contribution in [0.2, 0.25) is 0 Å². The average Bonchev–Trinajstić information content (AvgIpc) is 3.28. The van der Waals surface area contributed by atoms with Crippen molar-refractivity contribution in [1.29, 1.82) is 0 Å².